The Kier molecular flexibility index (Phi) is 12.4. The second-order valence-corrected chi connectivity index (χ2v) is 28.4. The molecule has 9 saturated carbocycles. The van der Waals surface area contributed by atoms with E-state index in [4.69, 9.17) is 0 Å². The maximum Gasteiger partial charge on any atom is 0.0237 e. The molecule has 3 heterocycles. The van der Waals surface area contributed by atoms with Crippen LogP contribution >= 0.6 is 35.3 Å². The van der Waals surface area contributed by atoms with Gasteiger partial charge in [0.25, 0.3) is 0 Å². The molecule has 3 aliphatic heterocycles. The van der Waals surface area contributed by atoms with Gasteiger partial charge >= 0.3 is 0 Å². The molecule has 0 aromatic rings. The molecule has 12 fully saturated rings. The molecule has 1 nitrogen and oxygen atoms in total. The first kappa shape index (κ1) is 40.5. The lowest BCUT2D eigenvalue weighted by molar-refractivity contribution is -0.0111. The Morgan fingerprint density at radius 3 is 1.40 bits per heavy atom. The molecule has 58 heavy (non-hydrogen) atoms. The second-order valence-electron chi connectivity index (χ2n) is 24.2. The molecule has 0 spiro atoms. The molecule has 0 N–H and O–H groups in total. The minimum absolute atomic E-state index is 0.909. The highest BCUT2D eigenvalue weighted by molar-refractivity contribution is 8.02. The predicted octanol–water partition coefficient (Wildman–Crippen LogP) is 15.2. The quantitative estimate of drug-likeness (QED) is 0.262. The minimum Gasteiger partial charge on any atom is -0.293 e. The highest BCUT2D eigenvalue weighted by atomic mass is 32.2. The Bertz CT molecular complexity index is 1360. The number of hydrogen-bond donors (Lipinski definition) is 0. The highest BCUT2D eigenvalue weighted by Crippen LogP contribution is 2.66. The molecular formula is C54H87NS3. The van der Waals surface area contributed by atoms with Gasteiger partial charge in [0.1, 0.15) is 0 Å². The van der Waals surface area contributed by atoms with Crippen LogP contribution in [0.4, 0.5) is 0 Å². The monoisotopic (exact) mass is 846 g/mol. The molecule has 326 valence electrons. The van der Waals surface area contributed by atoms with Gasteiger partial charge in [-0.1, -0.05) is 96.3 Å². The van der Waals surface area contributed by atoms with Gasteiger partial charge in [0.2, 0.25) is 0 Å². The van der Waals surface area contributed by atoms with Crippen molar-refractivity contribution in [1.29, 1.82) is 0 Å². The molecule has 9 aliphatic carbocycles. The van der Waals surface area contributed by atoms with Crippen LogP contribution in [0.2, 0.25) is 0 Å². The number of hydrogen-bond acceptors (Lipinski definition) is 4. The van der Waals surface area contributed by atoms with Gasteiger partial charge in [-0.3, -0.25) is 4.90 Å². The number of fused-ring (bicyclic) bond motifs is 10. The van der Waals surface area contributed by atoms with Crippen LogP contribution in [0.5, 0.6) is 0 Å². The molecule has 15 unspecified atom stereocenters. The summed E-state index contributed by atoms with van der Waals surface area (Å²) in [7, 11) is 0. The van der Waals surface area contributed by atoms with Gasteiger partial charge in [-0.25, -0.2) is 0 Å². The van der Waals surface area contributed by atoms with E-state index in [9.17, 15) is 0 Å². The van der Waals surface area contributed by atoms with Crippen LogP contribution in [0.25, 0.3) is 0 Å². The van der Waals surface area contributed by atoms with Crippen molar-refractivity contribution in [1.82, 2.24) is 4.90 Å². The Morgan fingerprint density at radius 1 is 0.259 bits per heavy atom. The van der Waals surface area contributed by atoms with Gasteiger partial charge in [0.05, 0.1) is 0 Å². The van der Waals surface area contributed by atoms with Crippen LogP contribution in [-0.2, 0) is 0 Å². The zero-order valence-corrected chi connectivity index (χ0v) is 39.6. The van der Waals surface area contributed by atoms with E-state index in [2.05, 4.69) is 40.2 Å². The average molecular weight is 846 g/mol. The van der Waals surface area contributed by atoms with Crippen molar-refractivity contribution in [3.63, 3.8) is 0 Å². The fourth-order valence-electron chi connectivity index (χ4n) is 19.5. The van der Waals surface area contributed by atoms with Crippen LogP contribution in [0.1, 0.15) is 212 Å². The molecule has 3 saturated heterocycles. The standard InChI is InChI=1S/C54H87NS3/c1-3-12-34(13-4-1)35-24-28-38(29-25-35)55(47-22-11-21-44-42-19-9-17-40(51(42)57-53(44)47)36-14-5-2-6-15-36)39-30-26-37(27-31-39)41-18-10-20-43-45-32-33-49-50(54(45)58-52(41)43)46-16-7-8-23-48(46)56-49/h34-54H,1-33H2. The Labute approximate surface area is 370 Å². The maximum absolute atomic E-state index is 3.48. The van der Waals surface area contributed by atoms with E-state index in [1.54, 1.807) is 180 Å². The fraction of sp³-hybridized carbons (Fsp3) is 1.00. The molecule has 0 aromatic heterocycles. The van der Waals surface area contributed by atoms with E-state index < -0.39 is 0 Å². The highest BCUT2D eigenvalue weighted by Gasteiger charge is 2.60. The molecule has 0 aromatic carbocycles. The normalized spacial score (nSPS) is 52.6. The van der Waals surface area contributed by atoms with E-state index >= 15 is 0 Å². The summed E-state index contributed by atoms with van der Waals surface area (Å²) in [6.07, 6.45) is 51.8. The van der Waals surface area contributed by atoms with Gasteiger partial charge in [-0.2, -0.15) is 35.3 Å². The summed E-state index contributed by atoms with van der Waals surface area (Å²) in [5.74, 6) is 12.9. The van der Waals surface area contributed by atoms with E-state index in [0.717, 1.165) is 121 Å². The molecule has 0 bridgehead atoms. The van der Waals surface area contributed by atoms with Crippen molar-refractivity contribution in [3.8, 4) is 0 Å². The van der Waals surface area contributed by atoms with E-state index in [1.165, 1.54) is 32.1 Å². The largest absolute Gasteiger partial charge is 0.293 e. The average Bonchev–Trinajstić information content (AvgIpc) is 3.99. The molecule has 15 atom stereocenters. The predicted molar refractivity (Wildman–Crippen MR) is 253 cm³/mol. The van der Waals surface area contributed by atoms with Crippen molar-refractivity contribution >= 4 is 35.3 Å². The van der Waals surface area contributed by atoms with Gasteiger partial charge in [-0.15, -0.1) is 0 Å². The maximum atomic E-state index is 3.48. The van der Waals surface area contributed by atoms with Gasteiger partial charge < -0.3 is 0 Å². The Hall–Kier alpha value is 1.01. The van der Waals surface area contributed by atoms with Crippen molar-refractivity contribution in [2.24, 2.45) is 71.0 Å². The molecule has 12 aliphatic rings. The Balaban J connectivity index is 0.762. The topological polar surface area (TPSA) is 3.24 Å². The SMILES string of the molecule is C1CCC(C2CCC(N(C3CCC(C4CCCC5C6CCC7SC8CCCCC8C7C6SC45)CC3)C3CCCC4C5CCCC(C6CCCCC6)C5SC43)CC2)CC1. The Morgan fingerprint density at radius 2 is 0.724 bits per heavy atom. The summed E-state index contributed by atoms with van der Waals surface area (Å²) in [6.45, 7) is 0. The minimum atomic E-state index is 0.909. The number of thioether (sulfide) groups is 3. The van der Waals surface area contributed by atoms with Crippen LogP contribution in [-0.4, -0.2) is 54.5 Å². The lowest BCUT2D eigenvalue weighted by atomic mass is 9.62. The van der Waals surface area contributed by atoms with Gasteiger partial charge in [-0.05, 0) is 187 Å². The van der Waals surface area contributed by atoms with Crippen molar-refractivity contribution in [3.05, 3.63) is 0 Å². The third-order valence-electron chi connectivity index (χ3n) is 21.9. The van der Waals surface area contributed by atoms with Gasteiger partial charge in [0, 0.05) is 49.6 Å². The van der Waals surface area contributed by atoms with Gasteiger partial charge in [0.15, 0.2) is 0 Å². The van der Waals surface area contributed by atoms with E-state index in [-0.39, 0.29) is 0 Å². The zero-order chi connectivity index (χ0) is 38.2. The molecular weight excluding hydrogens is 759 g/mol. The zero-order valence-electron chi connectivity index (χ0n) is 37.1. The van der Waals surface area contributed by atoms with Crippen LogP contribution in [0, 0.1) is 71.0 Å². The molecule has 4 heteroatoms. The number of nitrogens with zero attached hydrogens (tertiary/aromatic N) is 1. The molecule has 0 radical (unpaired) electrons. The number of rotatable bonds is 6. The summed E-state index contributed by atoms with van der Waals surface area (Å²) < 4.78 is 0. The summed E-state index contributed by atoms with van der Waals surface area (Å²) in [4.78, 5) is 3.48. The van der Waals surface area contributed by atoms with Crippen molar-refractivity contribution in [2.75, 3.05) is 0 Å². The van der Waals surface area contributed by atoms with Crippen molar-refractivity contribution < 1.29 is 0 Å². The lowest BCUT2D eigenvalue weighted by Gasteiger charge is -2.53. The van der Waals surface area contributed by atoms with E-state index in [1.807, 2.05) is 0 Å². The van der Waals surface area contributed by atoms with Crippen LogP contribution in [0.3, 0.4) is 0 Å². The fourth-order valence-corrected chi connectivity index (χ4v) is 26.7. The van der Waals surface area contributed by atoms with Crippen molar-refractivity contribution in [2.45, 2.75) is 262 Å². The summed E-state index contributed by atoms with van der Waals surface area (Å²) in [5, 5.41) is 6.18. The second kappa shape index (κ2) is 17.8. The third-order valence-corrected chi connectivity index (χ3v) is 27.7. The smallest absolute Gasteiger partial charge is 0.0237 e. The summed E-state index contributed by atoms with van der Waals surface area (Å²) >= 11 is 7.88. The first-order valence-corrected chi connectivity index (χ1v) is 30.3. The van der Waals surface area contributed by atoms with Crippen LogP contribution in [0.15, 0.2) is 0 Å². The first-order valence-electron chi connectivity index (χ1n) is 27.5. The van der Waals surface area contributed by atoms with Crippen LogP contribution < -0.4 is 0 Å². The third kappa shape index (κ3) is 7.44. The lowest BCUT2D eigenvalue weighted by Crippen LogP contribution is -2.57. The first-order chi connectivity index (χ1) is 28.8. The molecule has 0 amide bonds. The molecule has 12 rings (SSSR count). The summed E-state index contributed by atoms with van der Waals surface area (Å²) in [5.41, 5.74) is 0. The summed E-state index contributed by atoms with van der Waals surface area (Å²) in [6, 6.07) is 2.73. The van der Waals surface area contributed by atoms with E-state index in [0.29, 0.717) is 0 Å².